The first-order chi connectivity index (χ1) is 10.1. The average Bonchev–Trinajstić information content (AvgIpc) is 2.44. The third-order valence-corrected chi connectivity index (χ3v) is 3.86. The van der Waals surface area contributed by atoms with Crippen LogP contribution in [0.25, 0.3) is 10.9 Å². The summed E-state index contributed by atoms with van der Waals surface area (Å²) in [6.45, 7) is 0.549. The fraction of sp³-hybridized carbons (Fsp3) is 0.0625. The zero-order chi connectivity index (χ0) is 14.8. The molecule has 0 fully saturated rings. The van der Waals surface area contributed by atoms with E-state index in [-0.39, 0.29) is 0 Å². The number of nitrogens with zero attached hydrogens (tertiary/aromatic N) is 1. The zero-order valence-corrected chi connectivity index (χ0v) is 13.2. The summed E-state index contributed by atoms with van der Waals surface area (Å²) < 4.78 is 0. The molecule has 21 heavy (non-hydrogen) atoms. The predicted molar refractivity (Wildman–Crippen MR) is 90.5 cm³/mol. The number of rotatable bonds is 3. The predicted octanol–water partition coefficient (Wildman–Crippen LogP) is 5.81. The van der Waals surface area contributed by atoms with Crippen LogP contribution in [0.5, 0.6) is 0 Å². The number of nitrogens with one attached hydrogen (secondary N) is 1. The van der Waals surface area contributed by atoms with Gasteiger partial charge in [0, 0.05) is 33.2 Å². The Hall–Kier alpha value is -1.48. The standard InChI is InChI=1S/C16H11Cl3N2/c17-12-6-13(18)8-14(7-12)20-9-11-5-10-3-1-2-4-15(10)21-16(11)19/h1-8,20H,9H2. The molecule has 0 saturated carbocycles. The Morgan fingerprint density at radius 2 is 1.62 bits per heavy atom. The summed E-state index contributed by atoms with van der Waals surface area (Å²) in [6.07, 6.45) is 0. The first-order valence-electron chi connectivity index (χ1n) is 6.36. The van der Waals surface area contributed by atoms with Gasteiger partial charge in [-0.2, -0.15) is 0 Å². The Kier molecular flexibility index (Phi) is 4.20. The highest BCUT2D eigenvalue weighted by Crippen LogP contribution is 2.25. The molecule has 106 valence electrons. The Morgan fingerprint density at radius 3 is 2.38 bits per heavy atom. The van der Waals surface area contributed by atoms with E-state index in [4.69, 9.17) is 34.8 Å². The van der Waals surface area contributed by atoms with Crippen molar-refractivity contribution in [2.75, 3.05) is 5.32 Å². The lowest BCUT2D eigenvalue weighted by Gasteiger charge is -2.10. The topological polar surface area (TPSA) is 24.9 Å². The molecule has 1 heterocycles. The summed E-state index contributed by atoms with van der Waals surface area (Å²) in [5.41, 5.74) is 2.65. The van der Waals surface area contributed by atoms with Crippen molar-refractivity contribution >= 4 is 51.4 Å². The van der Waals surface area contributed by atoms with Crippen molar-refractivity contribution in [2.45, 2.75) is 6.54 Å². The number of fused-ring (bicyclic) bond motifs is 1. The van der Waals surface area contributed by atoms with Crippen LogP contribution < -0.4 is 5.32 Å². The SMILES string of the molecule is Clc1cc(Cl)cc(NCc2cc3ccccc3nc2Cl)c1. The van der Waals surface area contributed by atoms with Gasteiger partial charge in [-0.3, -0.25) is 0 Å². The van der Waals surface area contributed by atoms with Gasteiger partial charge in [0.1, 0.15) is 5.15 Å². The molecule has 2 aromatic carbocycles. The van der Waals surface area contributed by atoms with Crippen molar-refractivity contribution in [1.82, 2.24) is 4.98 Å². The Bertz CT molecular complexity index is 782. The number of anilines is 1. The zero-order valence-electron chi connectivity index (χ0n) is 10.9. The number of para-hydroxylation sites is 1. The minimum atomic E-state index is 0.495. The van der Waals surface area contributed by atoms with Crippen LogP contribution in [0.1, 0.15) is 5.56 Å². The number of halogens is 3. The van der Waals surface area contributed by atoms with Gasteiger partial charge < -0.3 is 5.32 Å². The lowest BCUT2D eigenvalue weighted by Crippen LogP contribution is -2.01. The molecule has 0 spiro atoms. The summed E-state index contributed by atoms with van der Waals surface area (Å²) in [5, 5.41) is 5.99. The molecule has 0 aliphatic carbocycles. The van der Waals surface area contributed by atoms with E-state index in [1.807, 2.05) is 42.5 Å². The largest absolute Gasteiger partial charge is 0.381 e. The molecule has 0 aliphatic rings. The van der Waals surface area contributed by atoms with Crippen molar-refractivity contribution in [2.24, 2.45) is 0 Å². The van der Waals surface area contributed by atoms with Crippen molar-refractivity contribution in [3.63, 3.8) is 0 Å². The van der Waals surface area contributed by atoms with Crippen LogP contribution in [0.3, 0.4) is 0 Å². The number of pyridine rings is 1. The van der Waals surface area contributed by atoms with Gasteiger partial charge in [-0.25, -0.2) is 4.98 Å². The van der Waals surface area contributed by atoms with Crippen LogP contribution in [0.2, 0.25) is 15.2 Å². The highest BCUT2D eigenvalue weighted by atomic mass is 35.5. The normalized spacial score (nSPS) is 10.8. The van der Waals surface area contributed by atoms with Gasteiger partial charge in [0.05, 0.1) is 5.52 Å². The Labute approximate surface area is 137 Å². The average molecular weight is 338 g/mol. The third-order valence-electron chi connectivity index (χ3n) is 3.10. The van der Waals surface area contributed by atoms with Gasteiger partial charge in [0.25, 0.3) is 0 Å². The van der Waals surface area contributed by atoms with Gasteiger partial charge in [-0.15, -0.1) is 0 Å². The molecule has 3 aromatic rings. The van der Waals surface area contributed by atoms with E-state index in [1.54, 1.807) is 6.07 Å². The van der Waals surface area contributed by atoms with E-state index in [0.717, 1.165) is 22.2 Å². The summed E-state index contributed by atoms with van der Waals surface area (Å²) >= 11 is 18.2. The third kappa shape index (κ3) is 3.41. The molecule has 0 bridgehead atoms. The smallest absolute Gasteiger partial charge is 0.134 e. The number of aromatic nitrogens is 1. The monoisotopic (exact) mass is 336 g/mol. The summed E-state index contributed by atoms with van der Waals surface area (Å²) in [6, 6.07) is 15.2. The summed E-state index contributed by atoms with van der Waals surface area (Å²) in [5.74, 6) is 0. The first-order valence-corrected chi connectivity index (χ1v) is 7.49. The van der Waals surface area contributed by atoms with E-state index in [1.165, 1.54) is 0 Å². The number of hydrogen-bond acceptors (Lipinski definition) is 2. The second-order valence-electron chi connectivity index (χ2n) is 4.64. The molecule has 0 saturated heterocycles. The minimum Gasteiger partial charge on any atom is -0.381 e. The summed E-state index contributed by atoms with van der Waals surface area (Å²) in [4.78, 5) is 4.40. The molecule has 1 N–H and O–H groups in total. The molecular weight excluding hydrogens is 327 g/mol. The van der Waals surface area contributed by atoms with E-state index >= 15 is 0 Å². The Balaban J connectivity index is 1.86. The maximum absolute atomic E-state index is 6.23. The van der Waals surface area contributed by atoms with E-state index in [9.17, 15) is 0 Å². The van der Waals surface area contributed by atoms with Crippen molar-refractivity contribution in [1.29, 1.82) is 0 Å². The van der Waals surface area contributed by atoms with Gasteiger partial charge in [-0.1, -0.05) is 53.0 Å². The minimum absolute atomic E-state index is 0.495. The van der Waals surface area contributed by atoms with E-state index in [0.29, 0.717) is 21.7 Å². The first kappa shape index (κ1) is 14.5. The van der Waals surface area contributed by atoms with Crippen molar-refractivity contribution in [3.8, 4) is 0 Å². The molecule has 5 heteroatoms. The molecule has 2 nitrogen and oxygen atoms in total. The van der Waals surface area contributed by atoms with Crippen molar-refractivity contribution < 1.29 is 0 Å². The molecule has 0 aliphatic heterocycles. The highest BCUT2D eigenvalue weighted by molar-refractivity contribution is 6.35. The molecule has 1 aromatic heterocycles. The van der Waals surface area contributed by atoms with Crippen LogP contribution in [0.4, 0.5) is 5.69 Å². The maximum atomic E-state index is 6.23. The molecule has 0 atom stereocenters. The molecule has 0 unspecified atom stereocenters. The van der Waals surface area contributed by atoms with Gasteiger partial charge >= 0.3 is 0 Å². The fourth-order valence-electron chi connectivity index (χ4n) is 2.11. The molecule has 0 amide bonds. The molecule has 3 rings (SSSR count). The van der Waals surface area contributed by atoms with Crippen LogP contribution in [-0.2, 0) is 6.54 Å². The van der Waals surface area contributed by atoms with Crippen molar-refractivity contribution in [3.05, 3.63) is 69.3 Å². The highest BCUT2D eigenvalue weighted by Gasteiger charge is 2.05. The van der Waals surface area contributed by atoms with Gasteiger partial charge in [0.2, 0.25) is 0 Å². The maximum Gasteiger partial charge on any atom is 0.134 e. The van der Waals surface area contributed by atoms with E-state index in [2.05, 4.69) is 10.3 Å². The second-order valence-corrected chi connectivity index (χ2v) is 5.87. The Morgan fingerprint density at radius 1 is 0.905 bits per heavy atom. The second kappa shape index (κ2) is 6.10. The van der Waals surface area contributed by atoms with Gasteiger partial charge in [0.15, 0.2) is 0 Å². The van der Waals surface area contributed by atoms with Crippen LogP contribution >= 0.6 is 34.8 Å². The van der Waals surface area contributed by atoms with Gasteiger partial charge in [-0.05, 0) is 30.3 Å². The van der Waals surface area contributed by atoms with E-state index < -0.39 is 0 Å². The fourth-order valence-corrected chi connectivity index (χ4v) is 2.85. The lowest BCUT2D eigenvalue weighted by atomic mass is 10.1. The molecule has 0 radical (unpaired) electrons. The number of hydrogen-bond donors (Lipinski definition) is 1. The van der Waals surface area contributed by atoms with Crippen LogP contribution in [0, 0.1) is 0 Å². The summed E-state index contributed by atoms with van der Waals surface area (Å²) in [7, 11) is 0. The van der Waals surface area contributed by atoms with Crippen LogP contribution in [0.15, 0.2) is 48.5 Å². The quantitative estimate of drug-likeness (QED) is 0.610. The number of benzene rings is 2. The molecular formula is C16H11Cl3N2. The lowest BCUT2D eigenvalue weighted by molar-refractivity contribution is 1.13. The van der Waals surface area contributed by atoms with Crippen LogP contribution in [-0.4, -0.2) is 4.98 Å².